The Kier molecular flexibility index (Phi) is 5.85. The van der Waals surface area contributed by atoms with Crippen molar-refractivity contribution in [3.8, 4) is 0 Å². The topological polar surface area (TPSA) is 26.3 Å². The molecule has 0 unspecified atom stereocenters. The quantitative estimate of drug-likeness (QED) is 0.428. The number of rotatable bonds is 5. The van der Waals surface area contributed by atoms with Crippen LogP contribution >= 0.6 is 0 Å². The van der Waals surface area contributed by atoms with Crippen LogP contribution in [0.25, 0.3) is 0 Å². The molecule has 0 amide bonds. The predicted molar refractivity (Wildman–Crippen MR) is 66.3 cm³/mol. The molecule has 1 aromatic rings. The lowest BCUT2D eigenvalue weighted by atomic mass is 10.0. The van der Waals surface area contributed by atoms with Crippen molar-refractivity contribution in [2.45, 2.75) is 38.5 Å². The second-order valence-electron chi connectivity index (χ2n) is 4.60. The highest BCUT2D eigenvalue weighted by Crippen LogP contribution is 2.40. The Morgan fingerprint density at radius 1 is 1.00 bits per heavy atom. The van der Waals surface area contributed by atoms with Crippen molar-refractivity contribution >= 4 is 5.97 Å². The maximum atomic E-state index is 12.7. The molecule has 124 valence electrons. The molecule has 0 aliphatic heterocycles. The Balaban J connectivity index is 3.02. The van der Waals surface area contributed by atoms with Gasteiger partial charge >= 0.3 is 18.3 Å². The van der Waals surface area contributed by atoms with Gasteiger partial charge in [-0.2, -0.15) is 26.3 Å². The minimum Gasteiger partial charge on any atom is -0.462 e. The summed E-state index contributed by atoms with van der Waals surface area (Å²) in [5, 5.41) is 0. The van der Waals surface area contributed by atoms with E-state index in [9.17, 15) is 31.1 Å². The van der Waals surface area contributed by atoms with E-state index in [0.717, 1.165) is 12.8 Å². The Morgan fingerprint density at radius 3 is 2.09 bits per heavy atom. The molecule has 1 aromatic carbocycles. The van der Waals surface area contributed by atoms with Crippen molar-refractivity contribution in [2.24, 2.45) is 0 Å². The average Bonchev–Trinajstić information content (AvgIpc) is 2.41. The first-order valence-electron chi connectivity index (χ1n) is 6.53. The summed E-state index contributed by atoms with van der Waals surface area (Å²) in [6.07, 6.45) is -8.21. The van der Waals surface area contributed by atoms with Crippen LogP contribution in [0.3, 0.4) is 0 Å². The smallest absolute Gasteiger partial charge is 0.417 e. The zero-order valence-corrected chi connectivity index (χ0v) is 11.6. The van der Waals surface area contributed by atoms with Crippen molar-refractivity contribution in [3.63, 3.8) is 0 Å². The Morgan fingerprint density at radius 2 is 1.59 bits per heavy atom. The number of ether oxygens (including phenoxy) is 1. The number of esters is 1. The molecular formula is C14H14F6O2. The van der Waals surface area contributed by atoms with Gasteiger partial charge in [-0.1, -0.05) is 19.8 Å². The van der Waals surface area contributed by atoms with Gasteiger partial charge in [0.25, 0.3) is 0 Å². The fourth-order valence-electron chi connectivity index (χ4n) is 1.75. The molecule has 0 saturated heterocycles. The lowest BCUT2D eigenvalue weighted by molar-refractivity contribution is -0.162. The minimum atomic E-state index is -5.22. The summed E-state index contributed by atoms with van der Waals surface area (Å²) in [7, 11) is 0. The summed E-state index contributed by atoms with van der Waals surface area (Å²) in [5.41, 5.74) is -4.29. The molecular weight excluding hydrogens is 314 g/mol. The number of alkyl halides is 6. The molecule has 0 atom stereocenters. The van der Waals surface area contributed by atoms with Gasteiger partial charge < -0.3 is 4.74 Å². The Bertz CT molecular complexity index is 519. The molecule has 1 rings (SSSR count). The van der Waals surface area contributed by atoms with Gasteiger partial charge in [0.15, 0.2) is 0 Å². The highest BCUT2D eigenvalue weighted by atomic mass is 19.4. The minimum absolute atomic E-state index is 0.00897. The van der Waals surface area contributed by atoms with E-state index in [1.807, 2.05) is 6.92 Å². The highest BCUT2D eigenvalue weighted by Gasteiger charge is 2.43. The van der Waals surface area contributed by atoms with Gasteiger partial charge in [0, 0.05) is 0 Å². The lowest BCUT2D eigenvalue weighted by Crippen LogP contribution is -2.18. The van der Waals surface area contributed by atoms with Crippen molar-refractivity contribution in [1.82, 2.24) is 0 Å². The number of hydrogen-bond acceptors (Lipinski definition) is 2. The van der Waals surface area contributed by atoms with Gasteiger partial charge in [-0.25, -0.2) is 4.79 Å². The summed E-state index contributed by atoms with van der Waals surface area (Å²) < 4.78 is 80.7. The first kappa shape index (κ1) is 18.3. The standard InChI is InChI=1S/C14H14F6O2/c1-2-3-4-7-22-12(21)9-5-6-10(13(15,16)17)11(8-9)14(18,19)20/h5-6,8H,2-4,7H2,1H3. The first-order valence-corrected chi connectivity index (χ1v) is 6.53. The van der Waals surface area contributed by atoms with E-state index < -0.39 is 35.0 Å². The second-order valence-corrected chi connectivity index (χ2v) is 4.60. The van der Waals surface area contributed by atoms with E-state index in [1.54, 1.807) is 0 Å². The summed E-state index contributed by atoms with van der Waals surface area (Å²) in [5.74, 6) is -1.07. The van der Waals surface area contributed by atoms with Crippen LogP contribution in [0, 0.1) is 0 Å². The SMILES string of the molecule is CCCCCOC(=O)c1ccc(C(F)(F)F)c(C(F)(F)F)c1. The van der Waals surface area contributed by atoms with E-state index in [1.165, 1.54) is 0 Å². The highest BCUT2D eigenvalue weighted by molar-refractivity contribution is 5.89. The molecule has 0 spiro atoms. The van der Waals surface area contributed by atoms with E-state index in [2.05, 4.69) is 0 Å². The third-order valence-electron chi connectivity index (χ3n) is 2.85. The largest absolute Gasteiger partial charge is 0.462 e. The molecule has 0 radical (unpaired) electrons. The fourth-order valence-corrected chi connectivity index (χ4v) is 1.75. The predicted octanol–water partition coefficient (Wildman–Crippen LogP) is 5.07. The molecule has 22 heavy (non-hydrogen) atoms. The molecule has 8 heteroatoms. The van der Waals surface area contributed by atoms with Crippen molar-refractivity contribution < 1.29 is 35.9 Å². The molecule has 0 N–H and O–H groups in total. The monoisotopic (exact) mass is 328 g/mol. The maximum absolute atomic E-state index is 12.7. The van der Waals surface area contributed by atoms with Crippen LogP contribution in [0.15, 0.2) is 18.2 Å². The van der Waals surface area contributed by atoms with Crippen molar-refractivity contribution in [1.29, 1.82) is 0 Å². The third-order valence-corrected chi connectivity index (χ3v) is 2.85. The van der Waals surface area contributed by atoms with Gasteiger partial charge in [0.2, 0.25) is 0 Å². The molecule has 0 aromatic heterocycles. The first-order chi connectivity index (χ1) is 10.1. The van der Waals surface area contributed by atoms with Gasteiger partial charge in [0.05, 0.1) is 23.3 Å². The molecule has 0 fully saturated rings. The van der Waals surface area contributed by atoms with E-state index in [0.29, 0.717) is 12.5 Å². The van der Waals surface area contributed by atoms with Crippen molar-refractivity contribution in [2.75, 3.05) is 6.61 Å². The fraction of sp³-hybridized carbons (Fsp3) is 0.500. The molecule has 0 saturated carbocycles. The van der Waals surface area contributed by atoms with Crippen molar-refractivity contribution in [3.05, 3.63) is 34.9 Å². The number of unbranched alkanes of at least 4 members (excludes halogenated alkanes) is 2. The second kappa shape index (κ2) is 7.02. The number of hydrogen-bond donors (Lipinski definition) is 0. The third kappa shape index (κ3) is 4.92. The number of carbonyl (C=O) groups excluding carboxylic acids is 1. The summed E-state index contributed by atoms with van der Waals surface area (Å²) in [4.78, 5) is 11.6. The normalized spacial score (nSPS) is 12.3. The maximum Gasteiger partial charge on any atom is 0.417 e. The van der Waals surface area contributed by atoms with Crippen LogP contribution in [-0.2, 0) is 17.1 Å². The molecule has 2 nitrogen and oxygen atoms in total. The van der Waals surface area contributed by atoms with Gasteiger partial charge in [0.1, 0.15) is 0 Å². The number of benzene rings is 1. The van der Waals surface area contributed by atoms with Crippen LogP contribution < -0.4 is 0 Å². The molecule has 0 bridgehead atoms. The summed E-state index contributed by atoms with van der Waals surface area (Å²) in [6, 6.07) is 1.09. The lowest BCUT2D eigenvalue weighted by Gasteiger charge is -2.16. The van der Waals surface area contributed by atoms with Crippen LogP contribution in [0.1, 0.15) is 47.7 Å². The van der Waals surface area contributed by atoms with E-state index in [-0.39, 0.29) is 18.7 Å². The van der Waals surface area contributed by atoms with E-state index in [4.69, 9.17) is 4.74 Å². The molecule has 0 aliphatic carbocycles. The van der Waals surface area contributed by atoms with Gasteiger partial charge in [-0.3, -0.25) is 0 Å². The van der Waals surface area contributed by atoms with Crippen LogP contribution in [0.2, 0.25) is 0 Å². The van der Waals surface area contributed by atoms with Gasteiger partial charge in [-0.15, -0.1) is 0 Å². The summed E-state index contributed by atoms with van der Waals surface area (Å²) in [6.45, 7) is 1.92. The Labute approximate surface area is 123 Å². The zero-order chi connectivity index (χ0) is 17.0. The van der Waals surface area contributed by atoms with Crippen LogP contribution in [-0.4, -0.2) is 12.6 Å². The molecule has 0 heterocycles. The van der Waals surface area contributed by atoms with Crippen LogP contribution in [0.5, 0.6) is 0 Å². The van der Waals surface area contributed by atoms with E-state index >= 15 is 0 Å². The Hall–Kier alpha value is -1.73. The zero-order valence-electron chi connectivity index (χ0n) is 11.6. The van der Waals surface area contributed by atoms with Crippen LogP contribution in [0.4, 0.5) is 26.3 Å². The summed E-state index contributed by atoms with van der Waals surface area (Å²) >= 11 is 0. The number of halogens is 6. The van der Waals surface area contributed by atoms with Gasteiger partial charge in [-0.05, 0) is 24.6 Å². The number of carbonyl (C=O) groups is 1. The average molecular weight is 328 g/mol. The molecule has 0 aliphatic rings.